The minimum atomic E-state index is 0.161. The fourth-order valence-electron chi connectivity index (χ4n) is 0.957. The molecular weight excluding hydrogens is 152 g/mol. The van der Waals surface area contributed by atoms with Crippen LogP contribution in [0.15, 0.2) is 29.2 Å². The van der Waals surface area contributed by atoms with Gasteiger partial charge in [-0.3, -0.25) is 0 Å². The van der Waals surface area contributed by atoms with Crippen LogP contribution in [-0.4, -0.2) is 12.1 Å². The molecule has 0 bridgehead atoms. The van der Waals surface area contributed by atoms with E-state index in [4.69, 9.17) is 0 Å². The van der Waals surface area contributed by atoms with Crippen LogP contribution < -0.4 is 0 Å². The molecule has 0 radical (unpaired) electrons. The number of aryl methyl sites for hydroxylation is 1. The maximum atomic E-state index is 3.99. The van der Waals surface area contributed by atoms with E-state index in [0.29, 0.717) is 0 Å². The summed E-state index contributed by atoms with van der Waals surface area (Å²) < 4.78 is 0. The first-order valence-corrected chi connectivity index (χ1v) is 5.59. The second-order valence-corrected chi connectivity index (χ2v) is 4.38. The van der Waals surface area contributed by atoms with Crippen LogP contribution in [0.3, 0.4) is 0 Å². The molecule has 0 saturated carbocycles. The summed E-state index contributed by atoms with van der Waals surface area (Å²) in [6.45, 7) is 2.17. The zero-order valence-corrected chi connectivity index (χ0v) is 7.95. The molecule has 1 atom stereocenters. The Balaban J connectivity index is 2.91. The van der Waals surface area contributed by atoms with Crippen molar-refractivity contribution in [3.63, 3.8) is 0 Å². The van der Waals surface area contributed by atoms with Crippen LogP contribution in [-0.2, 0) is 6.42 Å². The Morgan fingerprint density at radius 1 is 1.27 bits per heavy atom. The summed E-state index contributed by atoms with van der Waals surface area (Å²) in [5.41, 5.74) is 1.40. The van der Waals surface area contributed by atoms with Gasteiger partial charge in [0.1, 0.15) is 0 Å². The van der Waals surface area contributed by atoms with Gasteiger partial charge in [-0.1, -0.05) is 24.9 Å². The molecule has 11 heavy (non-hydrogen) atoms. The largest absolute Gasteiger partial charge is 0.165 e. The molecule has 0 aliphatic heterocycles. The molecule has 1 heteroatoms. The molecule has 60 valence electrons. The van der Waals surface area contributed by atoms with Crippen molar-refractivity contribution in [1.82, 2.24) is 0 Å². The maximum Gasteiger partial charge on any atom is 0.000871 e. The van der Waals surface area contributed by atoms with Crippen molar-refractivity contribution in [1.29, 1.82) is 0 Å². The van der Waals surface area contributed by atoms with E-state index >= 15 is 0 Å². The predicted octanol–water partition coefficient (Wildman–Crippen LogP) is 2.94. The standard InChI is InChI=1S/C10H14S/c1-4-9-5-7-10(8-6-9)11(2)3/h5-8H,2,4H2,1,3H3. The number of hydrogen-bond donors (Lipinski definition) is 0. The fourth-order valence-corrected chi connectivity index (χ4v) is 1.56. The van der Waals surface area contributed by atoms with Crippen LogP contribution in [0.5, 0.6) is 0 Å². The second-order valence-electron chi connectivity index (χ2n) is 2.63. The molecule has 1 rings (SSSR count). The minimum Gasteiger partial charge on any atom is -0.165 e. The van der Waals surface area contributed by atoms with Crippen molar-refractivity contribution in [2.24, 2.45) is 0 Å². The van der Waals surface area contributed by atoms with Gasteiger partial charge in [-0.2, -0.15) is 10.5 Å². The van der Waals surface area contributed by atoms with Gasteiger partial charge in [-0.15, -0.1) is 0 Å². The summed E-state index contributed by atoms with van der Waals surface area (Å²) in [5, 5.41) is 0. The zero-order valence-electron chi connectivity index (χ0n) is 7.13. The van der Waals surface area contributed by atoms with E-state index in [0.717, 1.165) is 6.42 Å². The summed E-state index contributed by atoms with van der Waals surface area (Å²) in [4.78, 5) is 1.35. The Kier molecular flexibility index (Phi) is 2.89. The lowest BCUT2D eigenvalue weighted by Gasteiger charge is -2.01. The van der Waals surface area contributed by atoms with E-state index in [9.17, 15) is 0 Å². The first kappa shape index (κ1) is 8.54. The van der Waals surface area contributed by atoms with Crippen molar-refractivity contribution in [3.8, 4) is 0 Å². The van der Waals surface area contributed by atoms with Crippen molar-refractivity contribution in [3.05, 3.63) is 29.8 Å². The summed E-state index contributed by atoms with van der Waals surface area (Å²) in [6.07, 6.45) is 3.26. The zero-order chi connectivity index (χ0) is 8.27. The van der Waals surface area contributed by atoms with Crippen LogP contribution in [0, 0.1) is 0 Å². The van der Waals surface area contributed by atoms with Crippen LogP contribution in [0.25, 0.3) is 0 Å². The topological polar surface area (TPSA) is 0 Å². The summed E-state index contributed by atoms with van der Waals surface area (Å²) >= 11 is 0. The summed E-state index contributed by atoms with van der Waals surface area (Å²) in [5.74, 6) is 3.99. The lowest BCUT2D eigenvalue weighted by Crippen LogP contribution is -1.78. The van der Waals surface area contributed by atoms with Crippen molar-refractivity contribution >= 4 is 16.4 Å². The van der Waals surface area contributed by atoms with Crippen molar-refractivity contribution in [2.75, 3.05) is 6.26 Å². The Hall–Kier alpha value is -0.560. The lowest BCUT2D eigenvalue weighted by atomic mass is 10.2. The van der Waals surface area contributed by atoms with Gasteiger partial charge in [-0.25, -0.2) is 0 Å². The molecule has 0 aromatic heterocycles. The Labute approximate surface area is 71.2 Å². The average Bonchev–Trinajstić information content (AvgIpc) is 2.05. The molecule has 0 N–H and O–H groups in total. The molecule has 0 spiro atoms. The van der Waals surface area contributed by atoms with E-state index in [1.807, 2.05) is 0 Å². The highest BCUT2D eigenvalue weighted by Gasteiger charge is 1.90. The van der Waals surface area contributed by atoms with Gasteiger partial charge in [0, 0.05) is 4.90 Å². The highest BCUT2D eigenvalue weighted by atomic mass is 32.2. The summed E-state index contributed by atoms with van der Waals surface area (Å²) in [7, 11) is 0.161. The highest BCUT2D eigenvalue weighted by Crippen LogP contribution is 2.20. The minimum absolute atomic E-state index is 0.161. The van der Waals surface area contributed by atoms with Crippen molar-refractivity contribution in [2.45, 2.75) is 18.2 Å². The lowest BCUT2D eigenvalue weighted by molar-refractivity contribution is 1.13. The molecule has 1 aromatic rings. The van der Waals surface area contributed by atoms with Gasteiger partial charge in [-0.05, 0) is 30.4 Å². The maximum absolute atomic E-state index is 3.99. The molecule has 0 aliphatic carbocycles. The molecule has 0 heterocycles. The van der Waals surface area contributed by atoms with Crippen molar-refractivity contribution < 1.29 is 0 Å². The Morgan fingerprint density at radius 2 is 1.82 bits per heavy atom. The van der Waals surface area contributed by atoms with E-state index in [1.54, 1.807) is 0 Å². The summed E-state index contributed by atoms with van der Waals surface area (Å²) in [6, 6.07) is 8.72. The predicted molar refractivity (Wildman–Crippen MR) is 54.7 cm³/mol. The first-order chi connectivity index (χ1) is 5.24. The average molecular weight is 166 g/mol. The fraction of sp³-hybridized carbons (Fsp3) is 0.300. The first-order valence-electron chi connectivity index (χ1n) is 3.78. The van der Waals surface area contributed by atoms with Gasteiger partial charge >= 0.3 is 0 Å². The molecule has 0 amide bonds. The molecule has 0 nitrogen and oxygen atoms in total. The molecule has 1 unspecified atom stereocenters. The number of hydrogen-bond acceptors (Lipinski definition) is 0. The van der Waals surface area contributed by atoms with Crippen LogP contribution >= 0.6 is 10.5 Å². The van der Waals surface area contributed by atoms with Crippen LogP contribution in [0.1, 0.15) is 12.5 Å². The van der Waals surface area contributed by atoms with E-state index in [-0.39, 0.29) is 10.5 Å². The monoisotopic (exact) mass is 166 g/mol. The van der Waals surface area contributed by atoms with E-state index < -0.39 is 0 Å². The Bertz CT molecular complexity index is 246. The highest BCUT2D eigenvalue weighted by molar-refractivity contribution is 8.13. The molecular formula is C10H14S. The third-order valence-corrected chi connectivity index (χ3v) is 2.81. The van der Waals surface area contributed by atoms with Crippen LogP contribution in [0.2, 0.25) is 0 Å². The third kappa shape index (κ3) is 2.19. The van der Waals surface area contributed by atoms with E-state index in [1.165, 1.54) is 10.5 Å². The molecule has 0 aliphatic rings. The molecule has 0 saturated heterocycles. The van der Waals surface area contributed by atoms with Gasteiger partial charge in [0.15, 0.2) is 0 Å². The van der Waals surface area contributed by atoms with E-state index in [2.05, 4.69) is 43.3 Å². The molecule has 0 fully saturated rings. The van der Waals surface area contributed by atoms with Gasteiger partial charge in [0.25, 0.3) is 0 Å². The number of rotatable bonds is 2. The van der Waals surface area contributed by atoms with Gasteiger partial charge in [0.05, 0.1) is 0 Å². The second kappa shape index (κ2) is 3.72. The van der Waals surface area contributed by atoms with Gasteiger partial charge in [0.2, 0.25) is 0 Å². The third-order valence-electron chi connectivity index (χ3n) is 1.73. The van der Waals surface area contributed by atoms with Gasteiger partial charge < -0.3 is 0 Å². The van der Waals surface area contributed by atoms with Crippen LogP contribution in [0.4, 0.5) is 0 Å². The SMILES string of the molecule is C=S(C)c1ccc(CC)cc1. The normalized spacial score (nSPS) is 12.9. The molecule has 1 aromatic carbocycles. The quantitative estimate of drug-likeness (QED) is 0.593. The smallest absolute Gasteiger partial charge is 0.000871 e. The number of benzene rings is 1. The Morgan fingerprint density at radius 3 is 2.18 bits per heavy atom.